The molecule has 21 heavy (non-hydrogen) atoms. The Morgan fingerprint density at radius 3 is 3.00 bits per heavy atom. The molecule has 2 heterocycles. The van der Waals surface area contributed by atoms with Crippen molar-refractivity contribution in [3.8, 4) is 0 Å². The highest BCUT2D eigenvalue weighted by Crippen LogP contribution is 2.28. The van der Waals surface area contributed by atoms with Crippen LogP contribution in [0.25, 0.3) is 5.52 Å². The zero-order valence-electron chi connectivity index (χ0n) is 10.9. The molecule has 0 saturated heterocycles. The minimum atomic E-state index is -0.400. The number of nitrogens with one attached hydrogen (secondary N) is 1. The van der Waals surface area contributed by atoms with Crippen LogP contribution in [0.4, 0.5) is 11.4 Å². The lowest BCUT2D eigenvalue weighted by molar-refractivity contribution is -0.384. The number of nitro benzene ring substituents is 1. The van der Waals surface area contributed by atoms with E-state index in [0.717, 1.165) is 11.1 Å². The van der Waals surface area contributed by atoms with Crippen molar-refractivity contribution in [2.45, 2.75) is 6.54 Å². The minimum Gasteiger partial charge on any atom is -0.375 e. The molecule has 6 nitrogen and oxygen atoms in total. The molecule has 0 aliphatic carbocycles. The molecular weight excluding hydrogens is 336 g/mol. The topological polar surface area (TPSA) is 72.5 Å². The lowest BCUT2D eigenvalue weighted by Gasteiger charge is -2.06. The summed E-state index contributed by atoms with van der Waals surface area (Å²) in [7, 11) is 0. The van der Waals surface area contributed by atoms with Crippen molar-refractivity contribution >= 4 is 32.8 Å². The predicted octanol–water partition coefficient (Wildman–Crippen LogP) is 3.62. The van der Waals surface area contributed by atoms with E-state index in [-0.39, 0.29) is 5.69 Å². The Bertz CT molecular complexity index is 816. The maximum Gasteiger partial charge on any atom is 0.293 e. The summed E-state index contributed by atoms with van der Waals surface area (Å²) in [5, 5.41) is 18.4. The summed E-state index contributed by atoms with van der Waals surface area (Å²) in [6, 6.07) is 10.7. The first-order valence-corrected chi connectivity index (χ1v) is 7.03. The van der Waals surface area contributed by atoms with E-state index in [4.69, 9.17) is 0 Å². The van der Waals surface area contributed by atoms with Crippen LogP contribution in [0.5, 0.6) is 0 Å². The molecule has 0 atom stereocenters. The van der Waals surface area contributed by atoms with Crippen LogP contribution in [0, 0.1) is 10.1 Å². The molecular formula is C14H11BrN4O2. The molecule has 106 valence electrons. The first-order chi connectivity index (χ1) is 10.1. The molecule has 7 heteroatoms. The number of aromatic nitrogens is 2. The molecule has 3 aromatic rings. The molecule has 0 saturated carbocycles. The van der Waals surface area contributed by atoms with Crippen molar-refractivity contribution in [2.24, 2.45) is 0 Å². The van der Waals surface area contributed by atoms with E-state index in [0.29, 0.717) is 16.7 Å². The third-order valence-corrected chi connectivity index (χ3v) is 3.63. The number of anilines is 1. The van der Waals surface area contributed by atoms with Gasteiger partial charge in [-0.2, -0.15) is 5.10 Å². The minimum absolute atomic E-state index is 0.0425. The number of hydrogen-bond acceptors (Lipinski definition) is 4. The van der Waals surface area contributed by atoms with Crippen molar-refractivity contribution in [3.05, 3.63) is 68.9 Å². The van der Waals surface area contributed by atoms with Gasteiger partial charge < -0.3 is 5.32 Å². The van der Waals surface area contributed by atoms with Crippen molar-refractivity contribution in [3.63, 3.8) is 0 Å². The second-order valence-corrected chi connectivity index (χ2v) is 5.39. The third kappa shape index (κ3) is 2.73. The predicted molar refractivity (Wildman–Crippen MR) is 83.3 cm³/mol. The maximum atomic E-state index is 11.1. The molecule has 0 fully saturated rings. The number of rotatable bonds is 4. The normalized spacial score (nSPS) is 10.7. The smallest absolute Gasteiger partial charge is 0.293 e. The Balaban J connectivity index is 1.87. The number of pyridine rings is 1. The van der Waals surface area contributed by atoms with Crippen molar-refractivity contribution in [2.75, 3.05) is 5.32 Å². The summed E-state index contributed by atoms with van der Waals surface area (Å²) >= 11 is 3.24. The number of nitro groups is 1. The van der Waals surface area contributed by atoms with Gasteiger partial charge in [0.05, 0.1) is 16.6 Å². The Morgan fingerprint density at radius 1 is 1.33 bits per heavy atom. The number of hydrogen-bond donors (Lipinski definition) is 1. The fourth-order valence-corrected chi connectivity index (χ4v) is 2.47. The fraction of sp³-hybridized carbons (Fsp3) is 0.0714. The largest absolute Gasteiger partial charge is 0.375 e. The molecule has 0 radical (unpaired) electrons. The Hall–Kier alpha value is -2.41. The third-order valence-electron chi connectivity index (χ3n) is 3.13. The van der Waals surface area contributed by atoms with Gasteiger partial charge in [0.25, 0.3) is 5.69 Å². The molecule has 0 amide bonds. The van der Waals surface area contributed by atoms with Crippen molar-refractivity contribution in [1.29, 1.82) is 0 Å². The lowest BCUT2D eigenvalue weighted by atomic mass is 10.2. The summed E-state index contributed by atoms with van der Waals surface area (Å²) < 4.78 is 2.45. The van der Waals surface area contributed by atoms with Gasteiger partial charge in [0.1, 0.15) is 5.69 Å². The van der Waals surface area contributed by atoms with Gasteiger partial charge in [0, 0.05) is 28.8 Å². The van der Waals surface area contributed by atoms with Crippen LogP contribution < -0.4 is 5.32 Å². The van der Waals surface area contributed by atoms with Crippen LogP contribution >= 0.6 is 15.9 Å². The average molecular weight is 347 g/mol. The Morgan fingerprint density at radius 2 is 2.19 bits per heavy atom. The zero-order valence-corrected chi connectivity index (χ0v) is 12.4. The number of nitrogens with zero attached hydrogens (tertiary/aromatic N) is 3. The van der Waals surface area contributed by atoms with Crippen LogP contribution in [0.1, 0.15) is 5.56 Å². The summed E-state index contributed by atoms with van der Waals surface area (Å²) in [6.45, 7) is 0.468. The van der Waals surface area contributed by atoms with Gasteiger partial charge in [-0.1, -0.05) is 22.0 Å². The van der Waals surface area contributed by atoms with Crippen molar-refractivity contribution in [1.82, 2.24) is 9.61 Å². The maximum absolute atomic E-state index is 11.1. The molecule has 0 spiro atoms. The second kappa shape index (κ2) is 5.53. The molecule has 1 N–H and O–H groups in total. The van der Waals surface area contributed by atoms with Crippen LogP contribution in [0.15, 0.2) is 53.3 Å². The molecule has 0 aliphatic rings. The molecule has 0 bridgehead atoms. The number of halogens is 1. The van der Waals surface area contributed by atoms with Crippen molar-refractivity contribution < 1.29 is 4.92 Å². The Labute approximate surface area is 128 Å². The molecule has 3 rings (SSSR count). The second-order valence-electron chi connectivity index (χ2n) is 4.47. The van der Waals surface area contributed by atoms with Crippen LogP contribution in [-0.2, 0) is 6.54 Å². The molecule has 0 unspecified atom stereocenters. The van der Waals surface area contributed by atoms with Gasteiger partial charge in [-0.15, -0.1) is 0 Å². The summed E-state index contributed by atoms with van der Waals surface area (Å²) in [6.07, 6.45) is 3.62. The van der Waals surface area contributed by atoms with Gasteiger partial charge in [-0.3, -0.25) is 10.1 Å². The van der Waals surface area contributed by atoms with E-state index >= 15 is 0 Å². The molecule has 2 aromatic heterocycles. The first-order valence-electron chi connectivity index (χ1n) is 6.24. The van der Waals surface area contributed by atoms with Crippen LogP contribution in [-0.4, -0.2) is 14.5 Å². The van der Waals surface area contributed by atoms with Gasteiger partial charge in [0.2, 0.25) is 0 Å². The van der Waals surface area contributed by atoms with E-state index in [1.807, 2.05) is 24.4 Å². The summed E-state index contributed by atoms with van der Waals surface area (Å²) in [5.74, 6) is 0. The fourth-order valence-electron chi connectivity index (χ4n) is 2.12. The summed E-state index contributed by atoms with van der Waals surface area (Å²) in [5.41, 5.74) is 2.48. The Kier molecular flexibility index (Phi) is 3.57. The van der Waals surface area contributed by atoms with Gasteiger partial charge in [-0.05, 0) is 24.3 Å². The summed E-state index contributed by atoms with van der Waals surface area (Å²) in [4.78, 5) is 10.7. The van der Waals surface area contributed by atoms with E-state index in [1.54, 1.807) is 22.8 Å². The first kappa shape index (κ1) is 13.6. The highest BCUT2D eigenvalue weighted by molar-refractivity contribution is 9.10. The van der Waals surface area contributed by atoms with E-state index in [2.05, 4.69) is 26.3 Å². The number of fused-ring (bicyclic) bond motifs is 1. The highest BCUT2D eigenvalue weighted by Gasteiger charge is 2.14. The van der Waals surface area contributed by atoms with E-state index < -0.39 is 4.92 Å². The highest BCUT2D eigenvalue weighted by atomic mass is 79.9. The number of benzene rings is 1. The van der Waals surface area contributed by atoms with Gasteiger partial charge in [0.15, 0.2) is 0 Å². The molecule has 0 aliphatic heterocycles. The van der Waals surface area contributed by atoms with Crippen LogP contribution in [0.3, 0.4) is 0 Å². The average Bonchev–Trinajstić information content (AvgIpc) is 2.89. The van der Waals surface area contributed by atoms with E-state index in [9.17, 15) is 10.1 Å². The van der Waals surface area contributed by atoms with Gasteiger partial charge >= 0.3 is 0 Å². The lowest BCUT2D eigenvalue weighted by Crippen LogP contribution is -2.02. The SMILES string of the molecule is O=[N+]([O-])c1cc(Br)ccc1NCc1cnn2ccccc12. The van der Waals surface area contributed by atoms with Crippen LogP contribution in [0.2, 0.25) is 0 Å². The molecule has 1 aromatic carbocycles. The van der Waals surface area contributed by atoms with Gasteiger partial charge in [-0.25, -0.2) is 4.52 Å². The van der Waals surface area contributed by atoms with E-state index in [1.165, 1.54) is 6.07 Å². The quantitative estimate of drug-likeness (QED) is 0.578. The monoisotopic (exact) mass is 346 g/mol. The zero-order chi connectivity index (χ0) is 14.8. The standard InChI is InChI=1S/C14H11BrN4O2/c15-11-4-5-12(14(7-11)19(20)21)16-8-10-9-17-18-6-2-1-3-13(10)18/h1-7,9,16H,8H2.